The number of rotatable bonds is 2. The lowest BCUT2D eigenvalue weighted by molar-refractivity contribution is 0.627. The first-order valence-electron chi connectivity index (χ1n) is 4.59. The highest BCUT2D eigenvalue weighted by molar-refractivity contribution is 5.34. The first kappa shape index (κ1) is 9.47. The summed E-state index contributed by atoms with van der Waals surface area (Å²) in [7, 11) is 0. The molecule has 0 aliphatic carbocycles. The van der Waals surface area contributed by atoms with Crippen molar-refractivity contribution >= 4 is 0 Å². The molecule has 0 unspecified atom stereocenters. The maximum Gasteiger partial charge on any atom is 0.123 e. The molecule has 1 atom stereocenters. The topological polar surface area (TPSA) is 39.6 Å². The summed E-state index contributed by atoms with van der Waals surface area (Å²) in [5.74, 6) is -0.650. The van der Waals surface area contributed by atoms with E-state index >= 15 is 0 Å². The molecule has 0 radical (unpaired) electrons. The maximum atomic E-state index is 12.7. The largest absolute Gasteiger partial charge is 0.364 e. The fourth-order valence-corrected chi connectivity index (χ4v) is 1.50. The minimum absolute atomic E-state index is 0.290. The Labute approximate surface area is 87.0 Å². The standard InChI is InChI=1S/C12H9FN2/c13-10-5-3-9(4-6-10)11(8-14)12-2-1-7-15-12/h1-7,11,15H/t11-/m1/s1. The minimum atomic E-state index is -0.361. The Balaban J connectivity index is 2.37. The van der Waals surface area contributed by atoms with E-state index in [1.54, 1.807) is 18.3 Å². The lowest BCUT2D eigenvalue weighted by atomic mass is 9.97. The molecule has 0 bridgehead atoms. The van der Waals surface area contributed by atoms with Gasteiger partial charge in [0.05, 0.1) is 6.07 Å². The van der Waals surface area contributed by atoms with Gasteiger partial charge in [-0.2, -0.15) is 5.26 Å². The maximum absolute atomic E-state index is 12.7. The average molecular weight is 200 g/mol. The highest BCUT2D eigenvalue weighted by Gasteiger charge is 2.13. The fourth-order valence-electron chi connectivity index (χ4n) is 1.50. The molecule has 3 heteroatoms. The van der Waals surface area contributed by atoms with Gasteiger partial charge in [0.15, 0.2) is 0 Å². The molecule has 74 valence electrons. The van der Waals surface area contributed by atoms with Gasteiger partial charge >= 0.3 is 0 Å². The Kier molecular flexibility index (Phi) is 2.51. The van der Waals surface area contributed by atoms with Crippen molar-refractivity contribution in [2.24, 2.45) is 0 Å². The Morgan fingerprint density at radius 1 is 1.20 bits per heavy atom. The van der Waals surface area contributed by atoms with E-state index in [-0.39, 0.29) is 11.7 Å². The quantitative estimate of drug-likeness (QED) is 0.795. The third-order valence-electron chi connectivity index (χ3n) is 2.27. The van der Waals surface area contributed by atoms with Crippen LogP contribution in [-0.2, 0) is 0 Å². The van der Waals surface area contributed by atoms with Crippen LogP contribution in [0, 0.1) is 17.1 Å². The molecule has 0 saturated carbocycles. The van der Waals surface area contributed by atoms with Crippen molar-refractivity contribution in [3.05, 3.63) is 59.7 Å². The minimum Gasteiger partial charge on any atom is -0.364 e. The van der Waals surface area contributed by atoms with Crippen LogP contribution < -0.4 is 0 Å². The van der Waals surface area contributed by atoms with Gasteiger partial charge < -0.3 is 4.98 Å². The summed E-state index contributed by atoms with van der Waals surface area (Å²) in [5, 5.41) is 9.06. The van der Waals surface area contributed by atoms with E-state index in [1.165, 1.54) is 12.1 Å². The van der Waals surface area contributed by atoms with E-state index in [1.807, 2.05) is 12.1 Å². The van der Waals surface area contributed by atoms with Crippen molar-refractivity contribution in [1.82, 2.24) is 4.98 Å². The second-order valence-corrected chi connectivity index (χ2v) is 3.24. The van der Waals surface area contributed by atoms with E-state index in [2.05, 4.69) is 11.1 Å². The predicted molar refractivity (Wildman–Crippen MR) is 54.6 cm³/mol. The second kappa shape index (κ2) is 3.97. The van der Waals surface area contributed by atoms with Crippen LogP contribution in [0.25, 0.3) is 0 Å². The number of hydrogen-bond acceptors (Lipinski definition) is 1. The highest BCUT2D eigenvalue weighted by Crippen LogP contribution is 2.22. The van der Waals surface area contributed by atoms with Gasteiger partial charge in [0, 0.05) is 11.9 Å². The van der Waals surface area contributed by atoms with Crippen molar-refractivity contribution in [3.8, 4) is 6.07 Å². The number of aromatic nitrogens is 1. The summed E-state index contributed by atoms with van der Waals surface area (Å²) >= 11 is 0. The molecular weight excluding hydrogens is 191 g/mol. The van der Waals surface area contributed by atoms with Crippen molar-refractivity contribution in [3.63, 3.8) is 0 Å². The summed E-state index contributed by atoms with van der Waals surface area (Å²) in [6, 6.07) is 11.9. The second-order valence-electron chi connectivity index (χ2n) is 3.24. The van der Waals surface area contributed by atoms with Gasteiger partial charge in [-0.1, -0.05) is 12.1 Å². The van der Waals surface area contributed by atoms with Gasteiger partial charge in [-0.25, -0.2) is 4.39 Å². The molecule has 1 heterocycles. The van der Waals surface area contributed by atoms with E-state index < -0.39 is 0 Å². The molecule has 0 amide bonds. The number of aromatic amines is 1. The summed E-state index contributed by atoms with van der Waals surface area (Å²) in [6.45, 7) is 0. The number of hydrogen-bond donors (Lipinski definition) is 1. The molecule has 0 aliphatic heterocycles. The third kappa shape index (κ3) is 1.89. The van der Waals surface area contributed by atoms with Crippen molar-refractivity contribution < 1.29 is 4.39 Å². The number of nitrogens with zero attached hydrogens (tertiary/aromatic N) is 1. The molecule has 2 aromatic rings. The summed E-state index contributed by atoms with van der Waals surface area (Å²) < 4.78 is 12.7. The molecular formula is C12H9FN2. The lowest BCUT2D eigenvalue weighted by Crippen LogP contribution is -1.98. The van der Waals surface area contributed by atoms with Crippen molar-refractivity contribution in [2.75, 3.05) is 0 Å². The molecule has 1 aromatic carbocycles. The summed E-state index contributed by atoms with van der Waals surface area (Å²) in [4.78, 5) is 2.99. The van der Waals surface area contributed by atoms with Crippen LogP contribution in [0.1, 0.15) is 17.2 Å². The molecule has 0 saturated heterocycles. The van der Waals surface area contributed by atoms with E-state index in [0.29, 0.717) is 0 Å². The molecule has 2 rings (SSSR count). The Hall–Kier alpha value is -2.08. The normalized spacial score (nSPS) is 12.0. The Bertz CT molecular complexity index is 465. The van der Waals surface area contributed by atoms with E-state index in [4.69, 9.17) is 5.26 Å². The smallest absolute Gasteiger partial charge is 0.123 e. The van der Waals surface area contributed by atoms with E-state index in [9.17, 15) is 4.39 Å². The highest BCUT2D eigenvalue weighted by atomic mass is 19.1. The zero-order valence-electron chi connectivity index (χ0n) is 7.94. The first-order valence-corrected chi connectivity index (χ1v) is 4.59. The van der Waals surface area contributed by atoms with Gasteiger partial charge in [0.25, 0.3) is 0 Å². The zero-order chi connectivity index (χ0) is 10.7. The molecule has 0 aliphatic rings. The number of halogens is 1. The van der Waals surface area contributed by atoms with Crippen LogP contribution in [-0.4, -0.2) is 4.98 Å². The molecule has 2 nitrogen and oxygen atoms in total. The Morgan fingerprint density at radius 2 is 1.93 bits per heavy atom. The average Bonchev–Trinajstić information content (AvgIpc) is 2.75. The number of nitrogens with one attached hydrogen (secondary N) is 1. The first-order chi connectivity index (χ1) is 7.31. The van der Waals surface area contributed by atoms with Crippen LogP contribution in [0.4, 0.5) is 4.39 Å². The molecule has 1 N–H and O–H groups in total. The van der Waals surface area contributed by atoms with Crippen molar-refractivity contribution in [1.29, 1.82) is 5.26 Å². The predicted octanol–water partition coefficient (Wildman–Crippen LogP) is 2.81. The van der Waals surface area contributed by atoms with Gasteiger partial charge in [-0.15, -0.1) is 0 Å². The van der Waals surface area contributed by atoms with Gasteiger partial charge in [0.1, 0.15) is 11.7 Å². The van der Waals surface area contributed by atoms with E-state index in [0.717, 1.165) is 11.3 Å². The fraction of sp³-hybridized carbons (Fsp3) is 0.0833. The van der Waals surface area contributed by atoms with Crippen LogP contribution >= 0.6 is 0 Å². The summed E-state index contributed by atoms with van der Waals surface area (Å²) in [5.41, 5.74) is 1.62. The number of benzene rings is 1. The van der Waals surface area contributed by atoms with Crippen LogP contribution in [0.15, 0.2) is 42.6 Å². The monoisotopic (exact) mass is 200 g/mol. The van der Waals surface area contributed by atoms with Gasteiger partial charge in [0.2, 0.25) is 0 Å². The lowest BCUT2D eigenvalue weighted by Gasteiger charge is -2.06. The van der Waals surface area contributed by atoms with Crippen LogP contribution in [0.3, 0.4) is 0 Å². The molecule has 0 spiro atoms. The number of H-pyrrole nitrogens is 1. The van der Waals surface area contributed by atoms with Gasteiger partial charge in [-0.3, -0.25) is 0 Å². The van der Waals surface area contributed by atoms with Gasteiger partial charge in [-0.05, 0) is 29.8 Å². The SMILES string of the molecule is N#C[C@H](c1ccc(F)cc1)c1ccc[nH]1. The third-order valence-corrected chi connectivity index (χ3v) is 2.27. The zero-order valence-corrected chi connectivity index (χ0v) is 7.94. The van der Waals surface area contributed by atoms with Crippen LogP contribution in [0.2, 0.25) is 0 Å². The van der Waals surface area contributed by atoms with Crippen LogP contribution in [0.5, 0.6) is 0 Å². The Morgan fingerprint density at radius 3 is 2.47 bits per heavy atom. The summed E-state index contributed by atoms with van der Waals surface area (Å²) in [6.07, 6.45) is 1.77. The molecule has 0 fully saturated rings. The number of nitriles is 1. The molecule has 1 aromatic heterocycles. The molecule has 15 heavy (non-hydrogen) atoms. The van der Waals surface area contributed by atoms with Crippen molar-refractivity contribution in [2.45, 2.75) is 5.92 Å².